The van der Waals surface area contributed by atoms with Gasteiger partial charge in [-0.15, -0.1) is 0 Å². The Morgan fingerprint density at radius 1 is 1.00 bits per heavy atom. The molecule has 0 fully saturated rings. The number of rotatable bonds is 1. The number of benzene rings is 1. The van der Waals surface area contributed by atoms with Crippen molar-refractivity contribution in [2.75, 3.05) is 0 Å². The van der Waals surface area contributed by atoms with Gasteiger partial charge < -0.3 is 15.7 Å². The zero-order chi connectivity index (χ0) is 14.3. The van der Waals surface area contributed by atoms with Gasteiger partial charge in [0.15, 0.2) is 0 Å². The molecule has 1 aromatic carbocycles. The van der Waals surface area contributed by atoms with Crippen molar-refractivity contribution in [3.8, 4) is 5.75 Å². The highest BCUT2D eigenvalue weighted by atomic mass is 16.4. The number of phenols is 1. The molecule has 0 saturated carbocycles. The van der Waals surface area contributed by atoms with Crippen LogP contribution in [0.3, 0.4) is 0 Å². The highest BCUT2D eigenvalue weighted by Gasteiger charge is 2.26. The van der Waals surface area contributed by atoms with Gasteiger partial charge in [-0.2, -0.15) is 0 Å². The van der Waals surface area contributed by atoms with Gasteiger partial charge in [-0.3, -0.25) is 0 Å². The minimum atomic E-state index is -1.09. The van der Waals surface area contributed by atoms with Gasteiger partial charge >= 0.3 is 5.97 Å². The van der Waals surface area contributed by atoms with Gasteiger partial charge in [-0.1, -0.05) is 47.6 Å². The average Bonchev–Trinajstić information content (AvgIpc) is 2.13. The molecule has 4 heteroatoms. The molecule has 108 valence electrons. The number of hydrogen-bond acceptors (Lipinski definition) is 2. The number of carboxylic acids is 1. The largest absolute Gasteiger partial charge is 0.507 e. The zero-order valence-electron chi connectivity index (χ0n) is 12.5. The number of hydrogen-bond donors (Lipinski definition) is 2. The summed E-state index contributed by atoms with van der Waals surface area (Å²) in [4.78, 5) is 11.2. The second-order valence-corrected chi connectivity index (χ2v) is 6.73. The van der Waals surface area contributed by atoms with Crippen LogP contribution in [-0.4, -0.2) is 21.7 Å². The van der Waals surface area contributed by atoms with Gasteiger partial charge in [-0.25, -0.2) is 4.79 Å². The summed E-state index contributed by atoms with van der Waals surface area (Å²) in [5, 5.41) is 19.3. The van der Waals surface area contributed by atoms with Crippen LogP contribution in [-0.2, 0) is 10.8 Å². The Morgan fingerprint density at radius 3 is 1.79 bits per heavy atom. The molecule has 0 aliphatic rings. The normalized spacial score (nSPS) is 11.9. The van der Waals surface area contributed by atoms with Gasteiger partial charge in [0.25, 0.3) is 0 Å². The van der Waals surface area contributed by atoms with Crippen LogP contribution in [0.15, 0.2) is 12.1 Å². The highest BCUT2D eigenvalue weighted by molar-refractivity contribution is 5.91. The average molecular weight is 268 g/mol. The van der Waals surface area contributed by atoms with E-state index in [1.54, 1.807) is 6.07 Å². The summed E-state index contributed by atoms with van der Waals surface area (Å²) in [6.45, 7) is 12.0. The lowest BCUT2D eigenvalue weighted by molar-refractivity contribution is 0.0693. The molecule has 0 aromatic heterocycles. The fraction of sp³-hybridized carbons (Fsp3) is 0.533. The van der Waals surface area contributed by atoms with E-state index in [0.717, 1.165) is 5.56 Å². The second kappa shape index (κ2) is 5.21. The molecule has 0 bridgehead atoms. The van der Waals surface area contributed by atoms with Crippen LogP contribution in [0.1, 0.15) is 63.0 Å². The first kappa shape index (κ1) is 17.4. The summed E-state index contributed by atoms with van der Waals surface area (Å²) in [7, 11) is 0. The van der Waals surface area contributed by atoms with Crippen LogP contribution in [0.25, 0.3) is 0 Å². The Balaban J connectivity index is 0.00000324. The number of carbonyl (C=O) groups is 1. The van der Waals surface area contributed by atoms with Gasteiger partial charge in [0.05, 0.1) is 0 Å². The van der Waals surface area contributed by atoms with Crippen molar-refractivity contribution in [3.05, 3.63) is 28.8 Å². The van der Waals surface area contributed by atoms with Crippen molar-refractivity contribution in [1.29, 1.82) is 0 Å². The van der Waals surface area contributed by atoms with Gasteiger partial charge in [0, 0.05) is 5.56 Å². The van der Waals surface area contributed by atoms with Crippen LogP contribution in [0.4, 0.5) is 0 Å². The molecule has 4 N–H and O–H groups in total. The minimum absolute atomic E-state index is 0. The van der Waals surface area contributed by atoms with E-state index in [4.69, 9.17) is 0 Å². The SMILES string of the molecule is CC(C)(C)c1cc(C(=O)O)c(O)c(C(C)(C)C)c1.O. The maximum atomic E-state index is 11.2. The van der Waals surface area contributed by atoms with Crippen LogP contribution >= 0.6 is 0 Å². The van der Waals surface area contributed by atoms with Crippen LogP contribution < -0.4 is 0 Å². The van der Waals surface area contributed by atoms with Gasteiger partial charge in [0.2, 0.25) is 0 Å². The Morgan fingerprint density at radius 2 is 1.47 bits per heavy atom. The number of aromatic hydroxyl groups is 1. The molecular weight excluding hydrogens is 244 g/mol. The summed E-state index contributed by atoms with van der Waals surface area (Å²) in [5.41, 5.74) is 1.12. The lowest BCUT2D eigenvalue weighted by atomic mass is 9.79. The fourth-order valence-electron chi connectivity index (χ4n) is 1.80. The lowest BCUT2D eigenvalue weighted by Gasteiger charge is -2.26. The molecule has 0 aliphatic heterocycles. The topological polar surface area (TPSA) is 89.0 Å². The Bertz CT molecular complexity index is 476. The first-order chi connectivity index (χ1) is 7.94. The highest BCUT2D eigenvalue weighted by Crippen LogP contribution is 2.37. The van der Waals surface area contributed by atoms with Crippen molar-refractivity contribution in [1.82, 2.24) is 0 Å². The van der Waals surface area contributed by atoms with Crippen molar-refractivity contribution >= 4 is 5.97 Å². The van der Waals surface area contributed by atoms with E-state index in [2.05, 4.69) is 0 Å². The molecule has 0 spiro atoms. The molecule has 0 atom stereocenters. The molecule has 0 aliphatic carbocycles. The number of carboxylic acid groups (broad SMARTS) is 1. The summed E-state index contributed by atoms with van der Waals surface area (Å²) in [5.74, 6) is -1.22. The molecule has 4 nitrogen and oxygen atoms in total. The molecule has 0 heterocycles. The standard InChI is InChI=1S/C15H22O3.H2O/c1-14(2,3)9-7-10(13(17)18)12(16)11(8-9)15(4,5)6;/h7-8,16H,1-6H3,(H,17,18);1H2. The molecule has 0 unspecified atom stereocenters. The maximum Gasteiger partial charge on any atom is 0.339 e. The molecular formula is C15H24O4. The Hall–Kier alpha value is -1.55. The van der Waals surface area contributed by atoms with E-state index < -0.39 is 5.97 Å². The minimum Gasteiger partial charge on any atom is -0.507 e. The monoisotopic (exact) mass is 268 g/mol. The van der Waals surface area contributed by atoms with Gasteiger partial charge in [0.1, 0.15) is 11.3 Å². The molecule has 1 rings (SSSR count). The lowest BCUT2D eigenvalue weighted by Crippen LogP contribution is -2.18. The van der Waals surface area contributed by atoms with Crippen molar-refractivity contribution in [3.63, 3.8) is 0 Å². The van der Waals surface area contributed by atoms with Crippen LogP contribution in [0, 0.1) is 0 Å². The van der Waals surface area contributed by atoms with E-state index in [0.29, 0.717) is 5.56 Å². The molecule has 0 saturated heterocycles. The maximum absolute atomic E-state index is 11.2. The smallest absolute Gasteiger partial charge is 0.339 e. The quantitative estimate of drug-likeness (QED) is 0.820. The van der Waals surface area contributed by atoms with Crippen molar-refractivity contribution in [2.24, 2.45) is 0 Å². The second-order valence-electron chi connectivity index (χ2n) is 6.73. The van der Waals surface area contributed by atoms with E-state index in [-0.39, 0.29) is 27.6 Å². The Kier molecular flexibility index (Phi) is 4.79. The molecule has 19 heavy (non-hydrogen) atoms. The van der Waals surface area contributed by atoms with E-state index >= 15 is 0 Å². The third-order valence-electron chi connectivity index (χ3n) is 3.01. The summed E-state index contributed by atoms with van der Waals surface area (Å²) < 4.78 is 0. The van der Waals surface area contributed by atoms with Crippen molar-refractivity contribution in [2.45, 2.75) is 52.4 Å². The van der Waals surface area contributed by atoms with Crippen molar-refractivity contribution < 1.29 is 20.5 Å². The summed E-state index contributed by atoms with van der Waals surface area (Å²) in [6, 6.07) is 3.47. The van der Waals surface area contributed by atoms with E-state index in [1.807, 2.05) is 47.6 Å². The first-order valence-electron chi connectivity index (χ1n) is 6.06. The molecule has 0 radical (unpaired) electrons. The van der Waals surface area contributed by atoms with Crippen LogP contribution in [0.2, 0.25) is 0 Å². The third-order valence-corrected chi connectivity index (χ3v) is 3.01. The molecule has 0 amide bonds. The van der Waals surface area contributed by atoms with Gasteiger partial charge in [-0.05, 0) is 22.5 Å². The molecule has 1 aromatic rings. The van der Waals surface area contributed by atoms with E-state index in [1.165, 1.54) is 0 Å². The number of aromatic carboxylic acids is 1. The summed E-state index contributed by atoms with van der Waals surface area (Å²) in [6.07, 6.45) is 0. The predicted molar refractivity (Wildman–Crippen MR) is 76.1 cm³/mol. The summed E-state index contributed by atoms with van der Waals surface area (Å²) >= 11 is 0. The Labute approximate surface area is 114 Å². The third kappa shape index (κ3) is 3.70. The fourth-order valence-corrected chi connectivity index (χ4v) is 1.80. The van der Waals surface area contributed by atoms with Crippen LogP contribution in [0.5, 0.6) is 5.75 Å². The zero-order valence-corrected chi connectivity index (χ0v) is 12.5. The first-order valence-corrected chi connectivity index (χ1v) is 6.06. The predicted octanol–water partition coefficient (Wildman–Crippen LogP) is 2.86. The van der Waals surface area contributed by atoms with E-state index in [9.17, 15) is 15.0 Å².